The van der Waals surface area contributed by atoms with Gasteiger partial charge in [-0.2, -0.15) is 0 Å². The maximum absolute atomic E-state index is 10.7. The first-order valence-electron chi connectivity index (χ1n) is 6.04. The van der Waals surface area contributed by atoms with E-state index in [1.165, 1.54) is 10.5 Å². The van der Waals surface area contributed by atoms with Crippen molar-refractivity contribution < 1.29 is 9.90 Å². The molecule has 0 radical (unpaired) electrons. The van der Waals surface area contributed by atoms with E-state index >= 15 is 0 Å². The van der Waals surface area contributed by atoms with E-state index in [4.69, 9.17) is 5.11 Å². The van der Waals surface area contributed by atoms with Crippen LogP contribution in [0.4, 0.5) is 0 Å². The Balaban J connectivity index is 1.89. The number of carbonyl (C=O) groups is 1. The molecule has 1 N–H and O–H groups in total. The van der Waals surface area contributed by atoms with Gasteiger partial charge in [0, 0.05) is 10.1 Å². The minimum atomic E-state index is -0.637. The predicted octanol–water partition coefficient (Wildman–Crippen LogP) is 3.45. The molecule has 1 aliphatic carbocycles. The lowest BCUT2D eigenvalue weighted by molar-refractivity contribution is -0.138. The second kappa shape index (κ2) is 5.13. The molecule has 2 unspecified atom stereocenters. The molecule has 3 heteroatoms. The third kappa shape index (κ3) is 3.50. The summed E-state index contributed by atoms with van der Waals surface area (Å²) in [5.41, 5.74) is 1.26. The highest BCUT2D eigenvalue weighted by Gasteiger charge is 2.42. The van der Waals surface area contributed by atoms with Crippen LogP contribution in [-0.2, 0) is 11.2 Å². The van der Waals surface area contributed by atoms with E-state index in [2.05, 4.69) is 38.1 Å². The van der Waals surface area contributed by atoms with Gasteiger partial charge in [-0.1, -0.05) is 26.0 Å². The van der Waals surface area contributed by atoms with Crippen molar-refractivity contribution in [2.45, 2.75) is 36.8 Å². The Morgan fingerprint density at radius 1 is 1.41 bits per heavy atom. The molecule has 0 aromatic heterocycles. The van der Waals surface area contributed by atoms with Crippen LogP contribution in [0.3, 0.4) is 0 Å². The van der Waals surface area contributed by atoms with E-state index in [-0.39, 0.29) is 5.92 Å². The molecule has 0 heterocycles. The zero-order valence-electron chi connectivity index (χ0n) is 10.2. The summed E-state index contributed by atoms with van der Waals surface area (Å²) in [6, 6.07) is 8.53. The fourth-order valence-electron chi connectivity index (χ4n) is 2.05. The normalized spacial score (nSPS) is 22.8. The minimum Gasteiger partial charge on any atom is -0.481 e. The predicted molar refractivity (Wildman–Crippen MR) is 70.4 cm³/mol. The van der Waals surface area contributed by atoms with Crippen molar-refractivity contribution in [2.24, 2.45) is 11.8 Å². The lowest BCUT2D eigenvalue weighted by Crippen LogP contribution is -2.01. The van der Waals surface area contributed by atoms with Crippen molar-refractivity contribution in [2.75, 3.05) is 0 Å². The highest BCUT2D eigenvalue weighted by molar-refractivity contribution is 7.99. The summed E-state index contributed by atoms with van der Waals surface area (Å²) in [4.78, 5) is 12.0. The Labute approximate surface area is 106 Å². The fourth-order valence-corrected chi connectivity index (χ4v) is 2.89. The van der Waals surface area contributed by atoms with Crippen LogP contribution >= 0.6 is 11.8 Å². The summed E-state index contributed by atoms with van der Waals surface area (Å²) >= 11 is 1.85. The van der Waals surface area contributed by atoms with Gasteiger partial charge in [0.2, 0.25) is 0 Å². The van der Waals surface area contributed by atoms with Gasteiger partial charge >= 0.3 is 5.97 Å². The molecular formula is C14H18O2S. The van der Waals surface area contributed by atoms with Crippen LogP contribution < -0.4 is 0 Å². The summed E-state index contributed by atoms with van der Waals surface area (Å²) in [6.07, 6.45) is 1.75. The molecule has 17 heavy (non-hydrogen) atoms. The SMILES string of the molecule is CC(C)Sc1ccc(CC2CC2C(=O)O)cc1. The van der Waals surface area contributed by atoms with Gasteiger partial charge in [-0.15, -0.1) is 11.8 Å². The summed E-state index contributed by atoms with van der Waals surface area (Å²) in [5.74, 6) is -0.377. The summed E-state index contributed by atoms with van der Waals surface area (Å²) in [7, 11) is 0. The smallest absolute Gasteiger partial charge is 0.306 e. The number of aliphatic carboxylic acids is 1. The van der Waals surface area contributed by atoms with Crippen molar-refractivity contribution in [3.63, 3.8) is 0 Å². The van der Waals surface area contributed by atoms with Gasteiger partial charge in [-0.25, -0.2) is 0 Å². The van der Waals surface area contributed by atoms with Gasteiger partial charge in [0.1, 0.15) is 0 Å². The number of carboxylic acids is 1. The van der Waals surface area contributed by atoms with Crippen molar-refractivity contribution >= 4 is 17.7 Å². The van der Waals surface area contributed by atoms with Crippen LogP contribution in [0.15, 0.2) is 29.2 Å². The van der Waals surface area contributed by atoms with Crippen molar-refractivity contribution in [1.82, 2.24) is 0 Å². The number of hydrogen-bond donors (Lipinski definition) is 1. The first kappa shape index (κ1) is 12.5. The lowest BCUT2D eigenvalue weighted by atomic mass is 10.1. The average molecular weight is 250 g/mol. The summed E-state index contributed by atoms with van der Waals surface area (Å²) < 4.78 is 0. The van der Waals surface area contributed by atoms with Crippen LogP contribution in [0.25, 0.3) is 0 Å². The van der Waals surface area contributed by atoms with E-state index in [0.29, 0.717) is 11.2 Å². The maximum atomic E-state index is 10.7. The van der Waals surface area contributed by atoms with Crippen LogP contribution in [0.2, 0.25) is 0 Å². The first-order valence-corrected chi connectivity index (χ1v) is 6.92. The number of thioether (sulfide) groups is 1. The highest BCUT2D eigenvalue weighted by atomic mass is 32.2. The van der Waals surface area contributed by atoms with Gasteiger partial charge in [0.15, 0.2) is 0 Å². The monoisotopic (exact) mass is 250 g/mol. The molecule has 1 fully saturated rings. The summed E-state index contributed by atoms with van der Waals surface area (Å²) in [5, 5.41) is 9.44. The molecule has 2 rings (SSSR count). The highest BCUT2D eigenvalue weighted by Crippen LogP contribution is 2.41. The zero-order chi connectivity index (χ0) is 12.4. The van der Waals surface area contributed by atoms with Gasteiger partial charge in [-0.05, 0) is 36.5 Å². The second-order valence-electron chi connectivity index (χ2n) is 4.96. The Morgan fingerprint density at radius 2 is 2.06 bits per heavy atom. The van der Waals surface area contributed by atoms with Crippen molar-refractivity contribution in [3.05, 3.63) is 29.8 Å². The molecule has 0 bridgehead atoms. The zero-order valence-corrected chi connectivity index (χ0v) is 11.0. The standard InChI is InChI=1S/C14H18O2S/c1-9(2)17-12-5-3-10(4-6-12)7-11-8-13(11)14(15)16/h3-6,9,11,13H,7-8H2,1-2H3,(H,15,16). The molecular weight excluding hydrogens is 232 g/mol. The Hall–Kier alpha value is -0.960. The molecule has 1 saturated carbocycles. The van der Waals surface area contributed by atoms with Crippen molar-refractivity contribution in [1.29, 1.82) is 0 Å². The molecule has 1 aromatic rings. The van der Waals surface area contributed by atoms with E-state index in [9.17, 15) is 4.79 Å². The van der Waals surface area contributed by atoms with Crippen molar-refractivity contribution in [3.8, 4) is 0 Å². The fraction of sp³-hybridized carbons (Fsp3) is 0.500. The van der Waals surface area contributed by atoms with Crippen LogP contribution in [0.5, 0.6) is 0 Å². The molecule has 1 aliphatic rings. The maximum Gasteiger partial charge on any atom is 0.306 e. The third-order valence-electron chi connectivity index (χ3n) is 3.03. The van der Waals surface area contributed by atoms with Crippen LogP contribution in [0, 0.1) is 11.8 Å². The number of hydrogen-bond acceptors (Lipinski definition) is 2. The Kier molecular flexibility index (Phi) is 3.77. The second-order valence-corrected chi connectivity index (χ2v) is 6.61. The largest absolute Gasteiger partial charge is 0.481 e. The molecule has 92 valence electrons. The lowest BCUT2D eigenvalue weighted by Gasteiger charge is -2.06. The first-order chi connectivity index (χ1) is 8.06. The van der Waals surface area contributed by atoms with E-state index in [0.717, 1.165) is 12.8 Å². The summed E-state index contributed by atoms with van der Waals surface area (Å²) in [6.45, 7) is 4.36. The van der Waals surface area contributed by atoms with Gasteiger partial charge in [-0.3, -0.25) is 4.79 Å². The quantitative estimate of drug-likeness (QED) is 0.813. The molecule has 0 aliphatic heterocycles. The molecule has 0 spiro atoms. The van der Waals surface area contributed by atoms with Crippen LogP contribution in [0.1, 0.15) is 25.8 Å². The molecule has 2 atom stereocenters. The minimum absolute atomic E-state index is 0.0975. The molecule has 0 saturated heterocycles. The van der Waals surface area contributed by atoms with E-state index in [1.807, 2.05) is 11.8 Å². The van der Waals surface area contributed by atoms with Crippen LogP contribution in [-0.4, -0.2) is 16.3 Å². The Bertz CT molecular complexity index is 397. The molecule has 1 aromatic carbocycles. The third-order valence-corrected chi connectivity index (χ3v) is 4.05. The van der Waals surface area contributed by atoms with E-state index < -0.39 is 5.97 Å². The number of carboxylic acid groups (broad SMARTS) is 1. The molecule has 0 amide bonds. The number of rotatable bonds is 5. The topological polar surface area (TPSA) is 37.3 Å². The molecule has 2 nitrogen and oxygen atoms in total. The van der Waals surface area contributed by atoms with Gasteiger partial charge in [0.05, 0.1) is 5.92 Å². The Morgan fingerprint density at radius 3 is 2.53 bits per heavy atom. The number of benzene rings is 1. The average Bonchev–Trinajstić information content (AvgIpc) is 3.00. The van der Waals surface area contributed by atoms with Gasteiger partial charge in [0.25, 0.3) is 0 Å². The van der Waals surface area contributed by atoms with E-state index in [1.54, 1.807) is 0 Å². The van der Waals surface area contributed by atoms with Gasteiger partial charge < -0.3 is 5.11 Å².